The highest BCUT2D eigenvalue weighted by molar-refractivity contribution is 7.52. The average molecular weight is 169 g/mol. The summed E-state index contributed by atoms with van der Waals surface area (Å²) in [5, 5.41) is 0. The Kier molecular flexibility index (Phi) is 4.99. The van der Waals surface area contributed by atoms with E-state index in [1.165, 1.54) is 0 Å². The van der Waals surface area contributed by atoms with Crippen LogP contribution in [-0.4, -0.2) is 23.5 Å². The summed E-state index contributed by atoms with van der Waals surface area (Å²) in [5.41, 5.74) is 0. The Bertz CT molecular complexity index is 125. The molecule has 0 amide bonds. The highest BCUT2D eigenvalue weighted by Gasteiger charge is 2.06. The lowest BCUT2D eigenvalue weighted by Gasteiger charge is -2.42. The van der Waals surface area contributed by atoms with Crippen LogP contribution in [0.3, 0.4) is 0 Å². The van der Waals surface area contributed by atoms with Gasteiger partial charge in [-0.2, -0.15) is 0 Å². The van der Waals surface area contributed by atoms with E-state index in [2.05, 4.69) is 19.7 Å². The van der Waals surface area contributed by atoms with E-state index >= 15 is 0 Å². The van der Waals surface area contributed by atoms with Crippen molar-refractivity contribution in [2.45, 2.75) is 0 Å². The first-order valence-corrected chi connectivity index (χ1v) is 3.95. The van der Waals surface area contributed by atoms with Crippen LogP contribution in [0.4, 0.5) is 0 Å². The van der Waals surface area contributed by atoms with Crippen LogP contribution >= 0.6 is 0 Å². The molecule has 0 aliphatic rings. The Morgan fingerprint density at radius 3 is 1.36 bits per heavy atom. The second kappa shape index (κ2) is 5.22. The molecule has 0 aliphatic heterocycles. The van der Waals surface area contributed by atoms with E-state index < -0.39 is 0 Å². The zero-order chi connectivity index (χ0) is 8.74. The molecule has 0 saturated carbocycles. The topological polar surface area (TPSA) is 0 Å². The molecular weight excluding hydrogens is 154 g/mol. The molecule has 11 heavy (non-hydrogen) atoms. The predicted octanol–water partition coefficient (Wildman–Crippen LogP) is 1.82. The second-order valence-electron chi connectivity index (χ2n) is 2.47. The summed E-state index contributed by atoms with van der Waals surface area (Å²) in [6.45, 7) is 13.3. The molecule has 0 aromatic rings. The maximum absolute atomic E-state index is 5.32. The number of hydrogen-bond acceptors (Lipinski definition) is 1. The summed E-state index contributed by atoms with van der Waals surface area (Å²) in [7, 11) is 0. The molecule has 0 radical (unpaired) electrons. The van der Waals surface area contributed by atoms with Gasteiger partial charge in [-0.1, -0.05) is 19.7 Å². The van der Waals surface area contributed by atoms with Gasteiger partial charge < -0.3 is 16.7 Å². The Hall–Kier alpha value is -0.470. The van der Waals surface area contributed by atoms with Crippen molar-refractivity contribution in [1.29, 1.82) is 0 Å². The smallest absolute Gasteiger partial charge is 0.0811 e. The van der Waals surface area contributed by atoms with E-state index in [1.807, 2.05) is 18.2 Å². The highest BCUT2D eigenvalue weighted by Crippen LogP contribution is 2.03. The quantitative estimate of drug-likeness (QED) is 0.332. The molecule has 2 heteroatoms. The van der Waals surface area contributed by atoms with Crippen molar-refractivity contribution in [3.63, 3.8) is 0 Å². The van der Waals surface area contributed by atoms with E-state index in [0.717, 1.165) is 19.6 Å². The molecule has 0 heterocycles. The second-order valence-corrected chi connectivity index (χ2v) is 3.25. The first-order valence-electron chi connectivity index (χ1n) is 3.58. The third kappa shape index (κ3) is 4.06. The van der Waals surface area contributed by atoms with E-state index in [9.17, 15) is 0 Å². The predicted molar refractivity (Wildman–Crippen MR) is 52.8 cm³/mol. The number of nitrogens with zero attached hydrogens (tertiary/aromatic N) is 1. The van der Waals surface area contributed by atoms with Crippen molar-refractivity contribution in [3.8, 4) is 0 Å². The van der Waals surface area contributed by atoms with Gasteiger partial charge in [-0.05, 0) is 18.2 Å². The third-order valence-electron chi connectivity index (χ3n) is 1.39. The molecule has 0 aliphatic carbocycles. The van der Waals surface area contributed by atoms with Crippen LogP contribution in [0.15, 0.2) is 38.0 Å². The van der Waals surface area contributed by atoms with Crippen LogP contribution in [0.1, 0.15) is 0 Å². The van der Waals surface area contributed by atoms with Gasteiger partial charge in [-0.3, -0.25) is 0 Å². The maximum atomic E-state index is 5.32. The molecule has 0 fully saturated rings. The first kappa shape index (κ1) is 10.5. The van der Waals surface area contributed by atoms with Crippen molar-refractivity contribution in [2.75, 3.05) is 19.6 Å². The van der Waals surface area contributed by atoms with Gasteiger partial charge in [-0.15, -0.1) is 0 Å². The van der Waals surface area contributed by atoms with Crippen LogP contribution in [0, 0.1) is 0 Å². The van der Waals surface area contributed by atoms with E-state index in [-0.39, 0.29) is 0 Å². The van der Waals surface area contributed by atoms with Gasteiger partial charge in [-0.25, -0.2) is 0 Å². The lowest BCUT2D eigenvalue weighted by atomic mass is 10.4. The Morgan fingerprint density at radius 1 is 0.909 bits per heavy atom. The molecule has 0 aromatic carbocycles. The van der Waals surface area contributed by atoms with Crippen LogP contribution in [0.5, 0.6) is 0 Å². The van der Waals surface area contributed by atoms with Crippen molar-refractivity contribution in [2.24, 2.45) is 0 Å². The van der Waals surface area contributed by atoms with Gasteiger partial charge in [0.15, 0.2) is 0 Å². The molecule has 1 nitrogen and oxygen atoms in total. The number of quaternary nitrogens is 1. The largest absolute Gasteiger partial charge is 0.493 e. The Morgan fingerprint density at radius 2 is 1.18 bits per heavy atom. The molecule has 0 unspecified atom stereocenters. The van der Waals surface area contributed by atoms with Crippen LogP contribution in [0.2, 0.25) is 0 Å². The molecule has 0 saturated heterocycles. The minimum Gasteiger partial charge on any atom is -0.493 e. The van der Waals surface area contributed by atoms with E-state index in [1.54, 1.807) is 0 Å². The Labute approximate surface area is 74.9 Å². The van der Waals surface area contributed by atoms with E-state index in [0.29, 0.717) is 3.89 Å². The van der Waals surface area contributed by atoms with Gasteiger partial charge in [0.1, 0.15) is 0 Å². The van der Waals surface area contributed by atoms with Crippen molar-refractivity contribution in [1.82, 2.24) is 0 Å². The lowest BCUT2D eigenvalue weighted by molar-refractivity contribution is -0.774. The summed E-state index contributed by atoms with van der Waals surface area (Å²) in [6, 6.07) is 0. The summed E-state index contributed by atoms with van der Waals surface area (Å²) in [4.78, 5) is 0. The zero-order valence-corrected chi connectivity index (χ0v) is 7.65. The monoisotopic (exact) mass is 169 g/mol. The molecule has 0 rings (SSSR count). The summed E-state index contributed by atoms with van der Waals surface area (Å²) in [5.74, 6) is 0. The molecule has 0 spiro atoms. The fraction of sp³-hybridized carbons (Fsp3) is 0.333. The Balaban J connectivity index is 4.09. The highest BCUT2D eigenvalue weighted by atomic mass is 32.1. The van der Waals surface area contributed by atoms with Crippen LogP contribution < -0.4 is 0 Å². The van der Waals surface area contributed by atoms with Crippen LogP contribution in [-0.2, 0) is 12.8 Å². The van der Waals surface area contributed by atoms with Gasteiger partial charge in [0.05, 0.1) is 19.6 Å². The average Bonchev–Trinajstić information content (AvgIpc) is 1.88. The number of rotatable bonds is 6. The summed E-state index contributed by atoms with van der Waals surface area (Å²) >= 11 is 5.32. The molecule has 0 N–H and O–H groups in total. The maximum Gasteiger partial charge on any atom is 0.0811 e. The third-order valence-corrected chi connectivity index (χ3v) is 1.83. The molecule has 0 bridgehead atoms. The van der Waals surface area contributed by atoms with Crippen LogP contribution in [0.25, 0.3) is 0 Å². The molecule has 0 atom stereocenters. The summed E-state index contributed by atoms with van der Waals surface area (Å²) < 4.78 is 0.510. The van der Waals surface area contributed by atoms with Gasteiger partial charge in [0, 0.05) is 0 Å². The zero-order valence-electron chi connectivity index (χ0n) is 6.83. The van der Waals surface area contributed by atoms with Gasteiger partial charge in [0.25, 0.3) is 0 Å². The van der Waals surface area contributed by atoms with Gasteiger partial charge >= 0.3 is 0 Å². The minimum atomic E-state index is 0.510. The fourth-order valence-corrected chi connectivity index (χ4v) is 1.25. The van der Waals surface area contributed by atoms with Gasteiger partial charge in [0.2, 0.25) is 0 Å². The molecule has 0 aromatic heterocycles. The number of hydrogen-bond donors (Lipinski definition) is 0. The lowest BCUT2D eigenvalue weighted by Crippen LogP contribution is -2.42. The fourth-order valence-electron chi connectivity index (χ4n) is 0.929. The normalized spacial score (nSPS) is 10.6. The van der Waals surface area contributed by atoms with Crippen molar-refractivity contribution >= 4 is 12.8 Å². The van der Waals surface area contributed by atoms with Crippen molar-refractivity contribution < 1.29 is 3.89 Å². The van der Waals surface area contributed by atoms with E-state index in [4.69, 9.17) is 12.8 Å². The first-order chi connectivity index (χ1) is 5.18. The van der Waals surface area contributed by atoms with Crippen molar-refractivity contribution in [3.05, 3.63) is 38.0 Å². The minimum absolute atomic E-state index is 0.510. The molecular formula is C9H15NS. The molecule has 62 valence electrons. The SMILES string of the molecule is C=CC[N+]([S-])(CC=C)CC=C. The summed E-state index contributed by atoms with van der Waals surface area (Å²) in [6.07, 6.45) is 5.50. The standard InChI is InChI=1S/C9H15NS/c1-4-7-10(11,8-5-2)9-6-3/h4-6H,1-3,7-9H2.